The second-order valence-electron chi connectivity index (χ2n) is 5.64. The predicted octanol–water partition coefficient (Wildman–Crippen LogP) is 2.03. The molecule has 1 unspecified atom stereocenters. The lowest BCUT2D eigenvalue weighted by Gasteiger charge is -2.22. The van der Waals surface area contributed by atoms with Gasteiger partial charge in [-0.15, -0.1) is 0 Å². The van der Waals surface area contributed by atoms with Gasteiger partial charge in [0.15, 0.2) is 0 Å². The molecule has 1 aromatic heterocycles. The fraction of sp³-hybridized carbons (Fsp3) is 0.769. The van der Waals surface area contributed by atoms with E-state index in [0.717, 1.165) is 5.69 Å². The van der Waals surface area contributed by atoms with Gasteiger partial charge in [0.25, 0.3) is 6.01 Å². The molecular weight excluding hydrogens is 230 g/mol. The Labute approximate surface area is 110 Å². The zero-order chi connectivity index (χ0) is 13.8. The van der Waals surface area contributed by atoms with Crippen molar-refractivity contribution in [1.82, 2.24) is 10.3 Å². The third-order valence-electron chi connectivity index (χ3n) is 2.71. The molecule has 1 aromatic rings. The first-order valence-electron chi connectivity index (χ1n) is 6.24. The van der Waals surface area contributed by atoms with E-state index in [-0.39, 0.29) is 11.6 Å². The first-order chi connectivity index (χ1) is 8.33. The number of oxazole rings is 1. The van der Waals surface area contributed by atoms with Crippen LogP contribution in [0.25, 0.3) is 0 Å². The fourth-order valence-electron chi connectivity index (χ4n) is 1.44. The first-order valence-corrected chi connectivity index (χ1v) is 6.24. The number of rotatable bonds is 6. The van der Waals surface area contributed by atoms with Gasteiger partial charge in [0.05, 0.1) is 18.3 Å². The number of hydrogen-bond acceptors (Lipinski definition) is 5. The number of ether oxygens (including phenoxy) is 1. The zero-order valence-corrected chi connectivity index (χ0v) is 12.3. The van der Waals surface area contributed by atoms with Gasteiger partial charge in [0.1, 0.15) is 6.26 Å². The van der Waals surface area contributed by atoms with E-state index in [0.29, 0.717) is 19.2 Å². The summed E-state index contributed by atoms with van der Waals surface area (Å²) in [5.41, 5.74) is 0.991. The summed E-state index contributed by atoms with van der Waals surface area (Å²) in [6.45, 7) is 9.80. The Bertz CT molecular complexity index is 357. The minimum atomic E-state index is 0.0777. The van der Waals surface area contributed by atoms with E-state index in [2.05, 4.69) is 38.0 Å². The Kier molecular flexibility index (Phi) is 5.16. The molecule has 5 heteroatoms. The lowest BCUT2D eigenvalue weighted by atomic mass is 10.1. The molecule has 0 aliphatic carbocycles. The third kappa shape index (κ3) is 4.66. The molecule has 0 aliphatic heterocycles. The second kappa shape index (κ2) is 6.20. The number of hydrogen-bond donors (Lipinski definition) is 1. The average Bonchev–Trinajstić information content (AvgIpc) is 2.73. The molecule has 0 aromatic carbocycles. The number of nitrogens with one attached hydrogen (secondary N) is 1. The van der Waals surface area contributed by atoms with Crippen molar-refractivity contribution in [2.24, 2.45) is 0 Å². The van der Waals surface area contributed by atoms with Crippen LogP contribution in [-0.2, 0) is 11.3 Å². The third-order valence-corrected chi connectivity index (χ3v) is 2.71. The summed E-state index contributed by atoms with van der Waals surface area (Å²) >= 11 is 0. The minimum absolute atomic E-state index is 0.0777. The fourth-order valence-corrected chi connectivity index (χ4v) is 1.44. The van der Waals surface area contributed by atoms with Gasteiger partial charge in [-0.1, -0.05) is 0 Å². The molecule has 0 saturated carbocycles. The summed E-state index contributed by atoms with van der Waals surface area (Å²) in [5, 5.41) is 3.38. The summed E-state index contributed by atoms with van der Waals surface area (Å²) < 4.78 is 10.6. The van der Waals surface area contributed by atoms with Gasteiger partial charge in [0.2, 0.25) is 0 Å². The van der Waals surface area contributed by atoms with Crippen molar-refractivity contribution < 1.29 is 9.15 Å². The van der Waals surface area contributed by atoms with Crippen LogP contribution in [0.4, 0.5) is 6.01 Å². The Morgan fingerprint density at radius 1 is 1.50 bits per heavy atom. The second-order valence-corrected chi connectivity index (χ2v) is 5.64. The van der Waals surface area contributed by atoms with Crippen molar-refractivity contribution in [2.75, 3.05) is 25.7 Å². The Hall–Kier alpha value is -1.07. The first kappa shape index (κ1) is 15.0. The van der Waals surface area contributed by atoms with E-state index in [9.17, 15) is 0 Å². The molecule has 0 saturated heterocycles. The summed E-state index contributed by atoms with van der Waals surface area (Å²) in [7, 11) is 3.65. The maximum absolute atomic E-state index is 5.48. The highest BCUT2D eigenvalue weighted by Crippen LogP contribution is 2.15. The van der Waals surface area contributed by atoms with E-state index in [1.54, 1.807) is 13.4 Å². The average molecular weight is 255 g/mol. The van der Waals surface area contributed by atoms with Gasteiger partial charge in [-0.05, 0) is 27.7 Å². The van der Waals surface area contributed by atoms with E-state index in [1.165, 1.54) is 0 Å². The quantitative estimate of drug-likeness (QED) is 0.843. The van der Waals surface area contributed by atoms with Crippen molar-refractivity contribution >= 4 is 6.01 Å². The van der Waals surface area contributed by atoms with Crippen LogP contribution in [0.2, 0.25) is 0 Å². The van der Waals surface area contributed by atoms with Crippen molar-refractivity contribution in [3.63, 3.8) is 0 Å². The Morgan fingerprint density at radius 3 is 2.72 bits per heavy atom. The SMILES string of the molecule is COCC(C)N(C)c1nc(CNC(C)(C)C)co1. The Morgan fingerprint density at radius 2 is 2.17 bits per heavy atom. The number of anilines is 1. The summed E-state index contributed by atoms with van der Waals surface area (Å²) in [6.07, 6.45) is 1.70. The van der Waals surface area contributed by atoms with Crippen LogP contribution in [-0.4, -0.2) is 37.3 Å². The standard InChI is InChI=1S/C13H25N3O2/c1-10(8-17-6)16(5)12-15-11(9-18-12)7-14-13(2,3)4/h9-10,14H,7-8H2,1-6H3. The van der Waals surface area contributed by atoms with Crippen LogP contribution < -0.4 is 10.2 Å². The molecule has 0 bridgehead atoms. The normalized spacial score (nSPS) is 13.7. The smallest absolute Gasteiger partial charge is 0.297 e. The molecular formula is C13H25N3O2. The van der Waals surface area contributed by atoms with Crippen LogP contribution in [0.5, 0.6) is 0 Å². The molecule has 1 atom stereocenters. The highest BCUT2D eigenvalue weighted by atomic mass is 16.5. The van der Waals surface area contributed by atoms with Crippen molar-refractivity contribution in [1.29, 1.82) is 0 Å². The predicted molar refractivity (Wildman–Crippen MR) is 72.8 cm³/mol. The maximum Gasteiger partial charge on any atom is 0.297 e. The van der Waals surface area contributed by atoms with Crippen LogP contribution in [0.15, 0.2) is 10.7 Å². The molecule has 0 fully saturated rings. The molecule has 0 radical (unpaired) electrons. The number of likely N-dealkylation sites (N-methyl/N-ethyl adjacent to an activating group) is 1. The Balaban J connectivity index is 2.57. The highest BCUT2D eigenvalue weighted by molar-refractivity contribution is 5.27. The molecule has 1 rings (SSSR count). The van der Waals surface area contributed by atoms with Crippen molar-refractivity contribution in [3.05, 3.63) is 12.0 Å². The van der Waals surface area contributed by atoms with Crippen LogP contribution >= 0.6 is 0 Å². The van der Waals surface area contributed by atoms with Gasteiger partial charge in [-0.3, -0.25) is 0 Å². The van der Waals surface area contributed by atoms with Crippen molar-refractivity contribution in [2.45, 2.75) is 45.8 Å². The van der Waals surface area contributed by atoms with Crippen molar-refractivity contribution in [3.8, 4) is 0 Å². The molecule has 5 nitrogen and oxygen atoms in total. The number of methoxy groups -OCH3 is 1. The van der Waals surface area contributed by atoms with Gasteiger partial charge >= 0.3 is 0 Å². The molecule has 0 spiro atoms. The molecule has 18 heavy (non-hydrogen) atoms. The van der Waals surface area contributed by atoms with Crippen LogP contribution in [0.1, 0.15) is 33.4 Å². The number of nitrogens with zero attached hydrogens (tertiary/aromatic N) is 2. The van der Waals surface area contributed by atoms with Crippen LogP contribution in [0, 0.1) is 0 Å². The molecule has 104 valence electrons. The van der Waals surface area contributed by atoms with Gasteiger partial charge < -0.3 is 19.4 Å². The maximum atomic E-state index is 5.48. The number of aromatic nitrogens is 1. The monoisotopic (exact) mass is 255 g/mol. The highest BCUT2D eigenvalue weighted by Gasteiger charge is 2.16. The molecule has 1 N–H and O–H groups in total. The molecule has 1 heterocycles. The zero-order valence-electron chi connectivity index (χ0n) is 12.3. The van der Waals surface area contributed by atoms with E-state index in [1.807, 2.05) is 11.9 Å². The van der Waals surface area contributed by atoms with E-state index < -0.39 is 0 Å². The lowest BCUT2D eigenvalue weighted by Crippen LogP contribution is -2.35. The topological polar surface area (TPSA) is 50.5 Å². The summed E-state index contributed by atoms with van der Waals surface area (Å²) in [4.78, 5) is 6.43. The lowest BCUT2D eigenvalue weighted by molar-refractivity contribution is 0.181. The van der Waals surface area contributed by atoms with Crippen LogP contribution in [0.3, 0.4) is 0 Å². The van der Waals surface area contributed by atoms with E-state index >= 15 is 0 Å². The van der Waals surface area contributed by atoms with Gasteiger partial charge in [-0.2, -0.15) is 4.98 Å². The summed E-state index contributed by atoms with van der Waals surface area (Å²) in [5.74, 6) is 0. The van der Waals surface area contributed by atoms with Gasteiger partial charge in [-0.25, -0.2) is 0 Å². The molecule has 0 aliphatic rings. The summed E-state index contributed by atoms with van der Waals surface area (Å²) in [6, 6.07) is 0.863. The molecule has 0 amide bonds. The minimum Gasteiger partial charge on any atom is -0.432 e. The largest absolute Gasteiger partial charge is 0.432 e. The van der Waals surface area contributed by atoms with E-state index in [4.69, 9.17) is 9.15 Å². The van der Waals surface area contributed by atoms with Gasteiger partial charge in [0, 0.05) is 26.2 Å².